The van der Waals surface area contributed by atoms with E-state index < -0.39 is 0 Å². The van der Waals surface area contributed by atoms with Crippen molar-refractivity contribution in [2.45, 2.75) is 44.4 Å². The van der Waals surface area contributed by atoms with Gasteiger partial charge in [-0.3, -0.25) is 0 Å². The predicted octanol–water partition coefficient (Wildman–Crippen LogP) is 6.46. The molecule has 19 heavy (non-hydrogen) atoms. The van der Waals surface area contributed by atoms with Crippen LogP contribution in [0, 0.1) is 11.3 Å². The molecule has 1 aromatic carbocycles. The molecule has 0 spiro atoms. The molecule has 0 N–H and O–H groups in total. The molecule has 0 atom stereocenters. The first-order valence-electron chi connectivity index (χ1n) is 6.38. The fourth-order valence-electron chi connectivity index (χ4n) is 1.70. The molecule has 4 heteroatoms. The van der Waals surface area contributed by atoms with Crippen LogP contribution in [0.4, 0.5) is 0 Å². The van der Waals surface area contributed by atoms with Crippen LogP contribution in [-0.4, -0.2) is 0 Å². The average molecular weight is 314 g/mol. The van der Waals surface area contributed by atoms with Crippen LogP contribution in [0.3, 0.4) is 0 Å². The molecule has 0 unspecified atom stereocenters. The zero-order valence-corrected chi connectivity index (χ0v) is 13.5. The summed E-state index contributed by atoms with van der Waals surface area (Å²) in [7, 11) is 0. The highest BCUT2D eigenvalue weighted by Gasteiger charge is 2.12. The van der Waals surface area contributed by atoms with Gasteiger partial charge in [0.15, 0.2) is 0 Å². The van der Waals surface area contributed by atoms with E-state index in [1.54, 1.807) is 0 Å². The topological polar surface area (TPSA) is 23.8 Å². The van der Waals surface area contributed by atoms with Gasteiger partial charge in [0, 0.05) is 15.4 Å². The third kappa shape index (κ3) is 4.76. The normalized spacial score (nSPS) is 11.9. The van der Waals surface area contributed by atoms with Gasteiger partial charge >= 0.3 is 0 Å². The molecule has 0 aliphatic rings. The van der Waals surface area contributed by atoms with Gasteiger partial charge in [0.05, 0.1) is 16.1 Å². The average Bonchev–Trinajstić information content (AvgIpc) is 2.39. The van der Waals surface area contributed by atoms with Crippen LogP contribution in [0.1, 0.15) is 39.5 Å². The second kappa shape index (κ2) is 8.53. The Labute approximate surface area is 129 Å². The van der Waals surface area contributed by atoms with Gasteiger partial charge in [-0.1, -0.05) is 67.7 Å². The van der Waals surface area contributed by atoms with Gasteiger partial charge in [0.2, 0.25) is 0 Å². The number of rotatable bonds is 6. The fourth-order valence-corrected chi connectivity index (χ4v) is 3.48. The molecule has 102 valence electrons. The van der Waals surface area contributed by atoms with Crippen LogP contribution >= 0.6 is 35.0 Å². The summed E-state index contributed by atoms with van der Waals surface area (Å²) in [5, 5.41) is 10.6. The van der Waals surface area contributed by atoms with Crippen LogP contribution in [0.25, 0.3) is 0 Å². The summed E-state index contributed by atoms with van der Waals surface area (Å²) < 4.78 is 0. The maximum absolute atomic E-state index is 9.28. The van der Waals surface area contributed by atoms with Crippen molar-refractivity contribution in [3.8, 4) is 6.07 Å². The van der Waals surface area contributed by atoms with E-state index in [0.717, 1.165) is 41.1 Å². The second-order valence-electron chi connectivity index (χ2n) is 4.17. The van der Waals surface area contributed by atoms with E-state index in [9.17, 15) is 5.26 Å². The predicted molar refractivity (Wildman–Crippen MR) is 84.8 cm³/mol. The molecule has 1 rings (SSSR count). The molecular weight excluding hydrogens is 297 g/mol. The molecular formula is C15H17Cl2NS. The number of halogens is 2. The minimum absolute atomic E-state index is 0.639. The van der Waals surface area contributed by atoms with Gasteiger partial charge in [-0.15, -0.1) is 0 Å². The number of nitrogens with zero attached hydrogens (tertiary/aromatic N) is 1. The summed E-state index contributed by atoms with van der Waals surface area (Å²) in [6, 6.07) is 7.80. The van der Waals surface area contributed by atoms with Crippen molar-refractivity contribution in [2.75, 3.05) is 0 Å². The fraction of sp³-hybridized carbons (Fsp3) is 0.400. The Balaban J connectivity index is 3.12. The summed E-state index contributed by atoms with van der Waals surface area (Å²) in [4.78, 5) is 1.93. The zero-order chi connectivity index (χ0) is 14.3. The van der Waals surface area contributed by atoms with Crippen molar-refractivity contribution >= 4 is 35.0 Å². The summed E-state index contributed by atoms with van der Waals surface area (Å²) in [5.74, 6) is 0. The minimum Gasteiger partial charge on any atom is -0.193 e. The van der Waals surface area contributed by atoms with Crippen molar-refractivity contribution in [2.24, 2.45) is 0 Å². The summed E-state index contributed by atoms with van der Waals surface area (Å²) in [6.07, 6.45) is 3.65. The molecule has 1 nitrogen and oxygen atoms in total. The molecule has 0 radical (unpaired) electrons. The van der Waals surface area contributed by atoms with Crippen molar-refractivity contribution < 1.29 is 0 Å². The first-order chi connectivity index (χ1) is 9.13. The van der Waals surface area contributed by atoms with Crippen LogP contribution in [0.2, 0.25) is 10.0 Å². The highest BCUT2D eigenvalue weighted by Crippen LogP contribution is 2.41. The van der Waals surface area contributed by atoms with Gasteiger partial charge < -0.3 is 0 Å². The van der Waals surface area contributed by atoms with Crippen molar-refractivity contribution in [1.29, 1.82) is 5.26 Å². The SMILES string of the molecule is CCC/C(C#N)=C(/CCC)Sc1c(Cl)cccc1Cl. The third-order valence-electron chi connectivity index (χ3n) is 2.59. The van der Waals surface area contributed by atoms with Crippen molar-refractivity contribution in [1.82, 2.24) is 0 Å². The number of allylic oxidation sites excluding steroid dienone is 2. The van der Waals surface area contributed by atoms with Crippen molar-refractivity contribution in [3.63, 3.8) is 0 Å². The van der Waals surface area contributed by atoms with Gasteiger partial charge in [-0.25, -0.2) is 0 Å². The molecule has 0 fully saturated rings. The molecule has 0 bridgehead atoms. The van der Waals surface area contributed by atoms with Crippen LogP contribution < -0.4 is 0 Å². The molecule has 0 aromatic heterocycles. The van der Waals surface area contributed by atoms with Crippen LogP contribution in [0.15, 0.2) is 33.6 Å². The van der Waals surface area contributed by atoms with E-state index in [4.69, 9.17) is 23.2 Å². The lowest BCUT2D eigenvalue weighted by Crippen LogP contribution is -1.89. The molecule has 1 aromatic rings. The van der Waals surface area contributed by atoms with Crippen molar-refractivity contribution in [3.05, 3.63) is 38.7 Å². The molecule has 0 heterocycles. The van der Waals surface area contributed by atoms with E-state index >= 15 is 0 Å². The first kappa shape index (κ1) is 16.4. The molecule has 0 amide bonds. The Bertz CT molecular complexity index is 483. The van der Waals surface area contributed by atoms with Gasteiger partial charge in [-0.2, -0.15) is 5.26 Å². The number of hydrogen-bond donors (Lipinski definition) is 0. The Kier molecular flexibility index (Phi) is 7.38. The largest absolute Gasteiger partial charge is 0.193 e. The van der Waals surface area contributed by atoms with E-state index in [0.29, 0.717) is 10.0 Å². The monoisotopic (exact) mass is 313 g/mol. The van der Waals surface area contributed by atoms with E-state index in [1.165, 1.54) is 11.8 Å². The second-order valence-corrected chi connectivity index (χ2v) is 6.09. The maximum Gasteiger partial charge on any atom is 0.0955 e. The lowest BCUT2D eigenvalue weighted by atomic mass is 10.1. The van der Waals surface area contributed by atoms with E-state index in [2.05, 4.69) is 19.9 Å². The van der Waals surface area contributed by atoms with Gasteiger partial charge in [0.25, 0.3) is 0 Å². The smallest absolute Gasteiger partial charge is 0.0955 e. The molecule has 0 saturated carbocycles. The Morgan fingerprint density at radius 3 is 2.21 bits per heavy atom. The molecule has 0 saturated heterocycles. The summed E-state index contributed by atoms with van der Waals surface area (Å²) in [5.41, 5.74) is 0.852. The van der Waals surface area contributed by atoms with E-state index in [1.807, 2.05) is 18.2 Å². The van der Waals surface area contributed by atoms with E-state index in [-0.39, 0.29) is 0 Å². The first-order valence-corrected chi connectivity index (χ1v) is 7.95. The Hall–Kier alpha value is -0.620. The number of hydrogen-bond acceptors (Lipinski definition) is 2. The lowest BCUT2D eigenvalue weighted by molar-refractivity contribution is 0.888. The standard InChI is InChI=1S/C15H17Cl2NS/c1-3-6-11(10-18)14(7-4-2)19-15-12(16)8-5-9-13(15)17/h5,8-9H,3-4,6-7H2,1-2H3/b14-11+. The maximum atomic E-state index is 9.28. The quantitative estimate of drug-likeness (QED) is 0.444. The van der Waals surface area contributed by atoms with Crippen LogP contribution in [0.5, 0.6) is 0 Å². The molecule has 0 aliphatic heterocycles. The minimum atomic E-state index is 0.639. The Morgan fingerprint density at radius 2 is 1.74 bits per heavy atom. The highest BCUT2D eigenvalue weighted by molar-refractivity contribution is 8.03. The third-order valence-corrected chi connectivity index (χ3v) is 4.79. The summed E-state index contributed by atoms with van der Waals surface area (Å²) >= 11 is 13.9. The summed E-state index contributed by atoms with van der Waals surface area (Å²) in [6.45, 7) is 4.18. The number of benzene rings is 1. The van der Waals surface area contributed by atoms with Crippen LogP contribution in [-0.2, 0) is 0 Å². The number of thioether (sulfide) groups is 1. The lowest BCUT2D eigenvalue weighted by Gasteiger charge is -2.11. The highest BCUT2D eigenvalue weighted by atomic mass is 35.5. The number of nitriles is 1. The molecule has 0 aliphatic carbocycles. The van der Waals surface area contributed by atoms with Gasteiger partial charge in [0.1, 0.15) is 0 Å². The Morgan fingerprint density at radius 1 is 1.16 bits per heavy atom. The zero-order valence-electron chi connectivity index (χ0n) is 11.2. The van der Waals surface area contributed by atoms with Gasteiger partial charge in [-0.05, 0) is 25.0 Å².